The minimum atomic E-state index is -0.0807. The van der Waals surface area contributed by atoms with Crippen LogP contribution in [0.1, 0.15) is 17.5 Å². The number of anilines is 1. The molecular weight excluding hydrogens is 378 g/mol. The molecule has 1 aliphatic heterocycles. The summed E-state index contributed by atoms with van der Waals surface area (Å²) in [5, 5.41) is 16.6. The second kappa shape index (κ2) is 9.09. The Balaban J connectivity index is 1.35. The molecule has 30 heavy (non-hydrogen) atoms. The maximum Gasteiger partial charge on any atom is 0.317 e. The van der Waals surface area contributed by atoms with Crippen molar-refractivity contribution in [1.29, 1.82) is 5.26 Å². The molecule has 0 aliphatic carbocycles. The zero-order valence-electron chi connectivity index (χ0n) is 16.6. The summed E-state index contributed by atoms with van der Waals surface area (Å²) in [4.78, 5) is 21.0. The predicted octanol–water partition coefficient (Wildman–Crippen LogP) is 2.56. The molecule has 8 heteroatoms. The Morgan fingerprint density at radius 3 is 2.87 bits per heavy atom. The molecule has 152 valence electrons. The number of aromatic nitrogens is 3. The summed E-state index contributed by atoms with van der Waals surface area (Å²) in [6.45, 7) is 3.12. The summed E-state index contributed by atoms with van der Waals surface area (Å²) in [5.74, 6) is 0.692. The van der Waals surface area contributed by atoms with Crippen LogP contribution in [0.25, 0.3) is 5.69 Å². The highest BCUT2D eigenvalue weighted by atomic mass is 16.2. The highest BCUT2D eigenvalue weighted by molar-refractivity contribution is 5.74. The van der Waals surface area contributed by atoms with E-state index in [4.69, 9.17) is 0 Å². The first-order valence-electron chi connectivity index (χ1n) is 9.96. The molecule has 8 nitrogen and oxygen atoms in total. The largest absolute Gasteiger partial charge is 0.354 e. The third kappa shape index (κ3) is 4.41. The van der Waals surface area contributed by atoms with E-state index in [-0.39, 0.29) is 6.03 Å². The van der Waals surface area contributed by atoms with Crippen LogP contribution in [0.2, 0.25) is 0 Å². The van der Waals surface area contributed by atoms with Crippen LogP contribution >= 0.6 is 0 Å². The third-order valence-corrected chi connectivity index (χ3v) is 5.11. The lowest BCUT2D eigenvalue weighted by atomic mass is 10.2. The molecule has 1 aliphatic rings. The fraction of sp³-hybridized carbons (Fsp3) is 0.273. The van der Waals surface area contributed by atoms with Crippen LogP contribution in [-0.2, 0) is 6.54 Å². The molecule has 3 heterocycles. The number of hydrogen-bond donors (Lipinski definition) is 1. The van der Waals surface area contributed by atoms with Crippen molar-refractivity contribution in [3.63, 3.8) is 0 Å². The van der Waals surface area contributed by atoms with Crippen molar-refractivity contribution in [1.82, 2.24) is 25.0 Å². The first-order chi connectivity index (χ1) is 14.7. The van der Waals surface area contributed by atoms with Crippen LogP contribution in [0.3, 0.4) is 0 Å². The van der Waals surface area contributed by atoms with Crippen LogP contribution in [0.5, 0.6) is 0 Å². The van der Waals surface area contributed by atoms with E-state index in [1.165, 1.54) is 0 Å². The lowest BCUT2D eigenvalue weighted by Gasteiger charge is -2.23. The molecule has 4 rings (SSSR count). The van der Waals surface area contributed by atoms with E-state index in [2.05, 4.69) is 26.4 Å². The zero-order valence-corrected chi connectivity index (χ0v) is 16.6. The van der Waals surface area contributed by atoms with Gasteiger partial charge in [0.05, 0.1) is 11.3 Å². The van der Waals surface area contributed by atoms with Gasteiger partial charge in [-0.1, -0.05) is 12.1 Å². The summed E-state index contributed by atoms with van der Waals surface area (Å²) in [6, 6.07) is 15.5. The zero-order chi connectivity index (χ0) is 20.8. The van der Waals surface area contributed by atoms with Crippen molar-refractivity contribution in [3.05, 3.63) is 72.2 Å². The Labute approximate surface area is 175 Å². The molecule has 1 fully saturated rings. The van der Waals surface area contributed by atoms with Gasteiger partial charge in [0.1, 0.15) is 11.9 Å². The quantitative estimate of drug-likeness (QED) is 0.726. The summed E-state index contributed by atoms with van der Waals surface area (Å²) in [7, 11) is 0. The lowest BCUT2D eigenvalue weighted by Crippen LogP contribution is -2.41. The molecule has 0 atom stereocenters. The molecular formula is C22H23N7O. The molecule has 1 saturated heterocycles. The number of nitrogens with zero attached hydrogens (tertiary/aromatic N) is 6. The number of rotatable bonds is 4. The van der Waals surface area contributed by atoms with E-state index in [1.54, 1.807) is 29.2 Å². The van der Waals surface area contributed by atoms with Crippen molar-refractivity contribution < 1.29 is 4.79 Å². The Morgan fingerprint density at radius 1 is 1.10 bits per heavy atom. The standard InChI is InChI=1S/C22H23N7O/c23-16-19-6-2-8-24-21(19)27-10-4-11-28(14-13-27)22(30)25-17-18-5-1-7-20(15-18)29-12-3-9-26-29/h1-3,5-9,12,15H,4,10-11,13-14,17H2,(H,25,30). The second-order valence-electron chi connectivity index (χ2n) is 7.09. The molecule has 0 unspecified atom stereocenters. The van der Waals surface area contributed by atoms with E-state index in [9.17, 15) is 10.1 Å². The summed E-state index contributed by atoms with van der Waals surface area (Å²) >= 11 is 0. The van der Waals surface area contributed by atoms with Gasteiger partial charge in [0, 0.05) is 51.3 Å². The summed E-state index contributed by atoms with van der Waals surface area (Å²) in [5.41, 5.74) is 2.54. The van der Waals surface area contributed by atoms with Crippen LogP contribution in [0.15, 0.2) is 61.1 Å². The minimum absolute atomic E-state index is 0.0807. The first kappa shape index (κ1) is 19.5. The highest BCUT2D eigenvalue weighted by Crippen LogP contribution is 2.18. The van der Waals surface area contributed by atoms with Crippen molar-refractivity contribution >= 4 is 11.8 Å². The average Bonchev–Trinajstić information content (AvgIpc) is 3.22. The van der Waals surface area contributed by atoms with Crippen molar-refractivity contribution in [2.75, 3.05) is 31.1 Å². The van der Waals surface area contributed by atoms with Gasteiger partial charge >= 0.3 is 6.03 Å². The molecule has 2 amide bonds. The Bertz CT molecular complexity index is 1040. The van der Waals surface area contributed by atoms with E-state index < -0.39 is 0 Å². The van der Waals surface area contributed by atoms with Crippen LogP contribution in [0, 0.1) is 11.3 Å². The Morgan fingerprint density at radius 2 is 2.03 bits per heavy atom. The molecule has 0 spiro atoms. The van der Waals surface area contributed by atoms with Crippen molar-refractivity contribution in [2.45, 2.75) is 13.0 Å². The van der Waals surface area contributed by atoms with Gasteiger partial charge < -0.3 is 15.1 Å². The summed E-state index contributed by atoms with van der Waals surface area (Å²) < 4.78 is 1.79. The number of hydrogen-bond acceptors (Lipinski definition) is 5. The van der Waals surface area contributed by atoms with E-state index in [0.29, 0.717) is 37.6 Å². The van der Waals surface area contributed by atoms with E-state index in [1.807, 2.05) is 41.4 Å². The molecule has 0 saturated carbocycles. The Kier molecular flexibility index (Phi) is 5.90. The maximum absolute atomic E-state index is 12.7. The van der Waals surface area contributed by atoms with E-state index in [0.717, 1.165) is 24.2 Å². The van der Waals surface area contributed by atoms with E-state index >= 15 is 0 Å². The third-order valence-electron chi connectivity index (χ3n) is 5.11. The normalized spacial score (nSPS) is 14.1. The number of amides is 2. The number of pyridine rings is 1. The Hall–Kier alpha value is -3.86. The van der Waals surface area contributed by atoms with Gasteiger partial charge in [-0.2, -0.15) is 10.4 Å². The lowest BCUT2D eigenvalue weighted by molar-refractivity contribution is 0.201. The number of urea groups is 1. The second-order valence-corrected chi connectivity index (χ2v) is 7.09. The molecule has 1 aromatic carbocycles. The van der Waals surface area contributed by atoms with Crippen LogP contribution < -0.4 is 10.2 Å². The predicted molar refractivity (Wildman–Crippen MR) is 113 cm³/mol. The SMILES string of the molecule is N#Cc1cccnc1N1CCCN(C(=O)NCc2cccc(-n3cccn3)c2)CC1. The molecule has 0 bridgehead atoms. The molecule has 0 radical (unpaired) electrons. The maximum atomic E-state index is 12.7. The fourth-order valence-electron chi connectivity index (χ4n) is 3.59. The van der Waals surface area contributed by atoms with Gasteiger partial charge in [-0.05, 0) is 42.3 Å². The van der Waals surface area contributed by atoms with Crippen LogP contribution in [0.4, 0.5) is 10.6 Å². The van der Waals surface area contributed by atoms with Gasteiger partial charge in [-0.25, -0.2) is 14.5 Å². The monoisotopic (exact) mass is 401 g/mol. The highest BCUT2D eigenvalue weighted by Gasteiger charge is 2.21. The van der Waals surface area contributed by atoms with Gasteiger partial charge in [0.2, 0.25) is 0 Å². The van der Waals surface area contributed by atoms with Crippen molar-refractivity contribution in [2.24, 2.45) is 0 Å². The van der Waals surface area contributed by atoms with Gasteiger partial charge in [0.15, 0.2) is 0 Å². The number of benzene rings is 1. The van der Waals surface area contributed by atoms with Crippen molar-refractivity contribution in [3.8, 4) is 11.8 Å². The average molecular weight is 401 g/mol. The summed E-state index contributed by atoms with van der Waals surface area (Å²) in [6.07, 6.45) is 6.15. The number of nitriles is 1. The first-order valence-corrected chi connectivity index (χ1v) is 9.96. The minimum Gasteiger partial charge on any atom is -0.354 e. The molecule has 1 N–H and O–H groups in total. The molecule has 2 aromatic heterocycles. The number of carbonyl (C=O) groups is 1. The van der Waals surface area contributed by atoms with Gasteiger partial charge in [0.25, 0.3) is 0 Å². The fourth-order valence-corrected chi connectivity index (χ4v) is 3.59. The number of carbonyl (C=O) groups excluding carboxylic acids is 1. The van der Waals surface area contributed by atoms with Gasteiger partial charge in [-0.15, -0.1) is 0 Å². The topological polar surface area (TPSA) is 90.1 Å². The molecule has 3 aromatic rings. The van der Waals surface area contributed by atoms with Gasteiger partial charge in [-0.3, -0.25) is 0 Å². The number of nitrogens with one attached hydrogen (secondary N) is 1. The smallest absolute Gasteiger partial charge is 0.317 e. The van der Waals surface area contributed by atoms with Crippen LogP contribution in [-0.4, -0.2) is 51.9 Å².